The summed E-state index contributed by atoms with van der Waals surface area (Å²) in [4.78, 5) is 10.9. The van der Waals surface area contributed by atoms with Crippen LogP contribution in [0, 0.1) is 0 Å². The molecular formula is C8H11N3O2. The van der Waals surface area contributed by atoms with Crippen molar-refractivity contribution in [2.24, 2.45) is 0 Å². The third-order valence-corrected chi connectivity index (χ3v) is 1.54. The Labute approximate surface area is 75.6 Å². The van der Waals surface area contributed by atoms with E-state index in [1.54, 1.807) is 12.1 Å². The normalized spacial score (nSPS) is 9.31. The lowest BCUT2D eigenvalue weighted by Gasteiger charge is -2.08. The second kappa shape index (κ2) is 3.66. The molecule has 0 aliphatic carbocycles. The number of urea groups is 1. The van der Waals surface area contributed by atoms with E-state index in [1.165, 1.54) is 13.1 Å². The van der Waals surface area contributed by atoms with Crippen LogP contribution in [0.5, 0.6) is 5.75 Å². The van der Waals surface area contributed by atoms with E-state index in [4.69, 9.17) is 5.73 Å². The molecule has 5 heteroatoms. The Morgan fingerprint density at radius 3 is 2.77 bits per heavy atom. The van der Waals surface area contributed by atoms with Crippen LogP contribution in [0.3, 0.4) is 0 Å². The van der Waals surface area contributed by atoms with Crippen LogP contribution in [0.4, 0.5) is 16.2 Å². The van der Waals surface area contributed by atoms with Gasteiger partial charge in [0.1, 0.15) is 11.4 Å². The number of carbonyl (C=O) groups is 1. The Kier molecular flexibility index (Phi) is 2.59. The van der Waals surface area contributed by atoms with Crippen molar-refractivity contribution in [1.82, 2.24) is 5.32 Å². The lowest BCUT2D eigenvalue weighted by atomic mass is 10.2. The quantitative estimate of drug-likeness (QED) is 0.380. The highest BCUT2D eigenvalue weighted by atomic mass is 16.3. The maximum atomic E-state index is 10.9. The molecule has 0 aliphatic heterocycles. The highest BCUT2D eigenvalue weighted by Crippen LogP contribution is 2.28. The monoisotopic (exact) mass is 181 g/mol. The predicted octanol–water partition coefficient (Wildman–Crippen LogP) is 0.726. The minimum Gasteiger partial charge on any atom is -0.506 e. The summed E-state index contributed by atoms with van der Waals surface area (Å²) in [5.74, 6) is -0.0522. The molecule has 1 aromatic carbocycles. The molecule has 5 nitrogen and oxygen atoms in total. The summed E-state index contributed by atoms with van der Waals surface area (Å²) in [6, 6.07) is 4.21. The average Bonchev–Trinajstić information content (AvgIpc) is 2.11. The molecule has 0 saturated heterocycles. The summed E-state index contributed by atoms with van der Waals surface area (Å²) in [6.45, 7) is 0. The predicted molar refractivity (Wildman–Crippen MR) is 50.6 cm³/mol. The van der Waals surface area contributed by atoms with E-state index in [-0.39, 0.29) is 11.4 Å². The molecule has 0 atom stereocenters. The summed E-state index contributed by atoms with van der Waals surface area (Å²) >= 11 is 0. The van der Waals surface area contributed by atoms with Crippen molar-refractivity contribution < 1.29 is 9.90 Å². The zero-order chi connectivity index (χ0) is 9.84. The molecule has 5 N–H and O–H groups in total. The summed E-state index contributed by atoms with van der Waals surface area (Å²) in [5.41, 5.74) is 6.07. The van der Waals surface area contributed by atoms with Crippen LogP contribution in [-0.2, 0) is 0 Å². The number of nitrogens with two attached hydrogens (primary N) is 1. The molecule has 0 radical (unpaired) electrons. The van der Waals surface area contributed by atoms with Gasteiger partial charge >= 0.3 is 6.03 Å². The van der Waals surface area contributed by atoms with Gasteiger partial charge in [0.15, 0.2) is 0 Å². The second-order valence-electron chi connectivity index (χ2n) is 2.45. The van der Waals surface area contributed by atoms with Crippen molar-refractivity contribution in [3.8, 4) is 5.75 Å². The smallest absolute Gasteiger partial charge is 0.319 e. The van der Waals surface area contributed by atoms with Gasteiger partial charge in [0.2, 0.25) is 0 Å². The fourth-order valence-corrected chi connectivity index (χ4v) is 0.870. The van der Waals surface area contributed by atoms with Crippen molar-refractivity contribution >= 4 is 17.4 Å². The Bertz CT molecular complexity index is 305. The number of rotatable bonds is 1. The molecule has 0 saturated carbocycles. The van der Waals surface area contributed by atoms with E-state index in [2.05, 4.69) is 10.6 Å². The van der Waals surface area contributed by atoms with Gasteiger partial charge in [-0.05, 0) is 12.1 Å². The van der Waals surface area contributed by atoms with Gasteiger partial charge < -0.3 is 21.5 Å². The van der Waals surface area contributed by atoms with Crippen LogP contribution in [-0.4, -0.2) is 18.2 Å². The molecule has 70 valence electrons. The first kappa shape index (κ1) is 9.18. The van der Waals surface area contributed by atoms with Gasteiger partial charge in [-0.3, -0.25) is 0 Å². The van der Waals surface area contributed by atoms with Gasteiger partial charge in [-0.25, -0.2) is 4.79 Å². The number of hydrogen-bond donors (Lipinski definition) is 4. The molecule has 0 aliphatic rings. The summed E-state index contributed by atoms with van der Waals surface area (Å²) in [7, 11) is 1.48. The molecule has 1 aromatic rings. The average molecular weight is 181 g/mol. The molecule has 13 heavy (non-hydrogen) atoms. The van der Waals surface area contributed by atoms with Crippen molar-refractivity contribution in [1.29, 1.82) is 0 Å². The van der Waals surface area contributed by atoms with E-state index in [1.807, 2.05) is 0 Å². The van der Waals surface area contributed by atoms with Gasteiger partial charge in [-0.2, -0.15) is 0 Å². The highest BCUT2D eigenvalue weighted by molar-refractivity contribution is 5.94. The van der Waals surface area contributed by atoms with E-state index in [0.717, 1.165) is 0 Å². The van der Waals surface area contributed by atoms with Crippen molar-refractivity contribution in [2.75, 3.05) is 18.1 Å². The Hall–Kier alpha value is -1.91. The van der Waals surface area contributed by atoms with Crippen molar-refractivity contribution in [3.05, 3.63) is 18.2 Å². The summed E-state index contributed by atoms with van der Waals surface area (Å²) in [6.07, 6.45) is 0. The van der Waals surface area contributed by atoms with E-state index in [9.17, 15) is 9.90 Å². The first-order valence-electron chi connectivity index (χ1n) is 3.71. The number of benzene rings is 1. The maximum Gasteiger partial charge on any atom is 0.319 e. The van der Waals surface area contributed by atoms with E-state index >= 15 is 0 Å². The standard InChI is InChI=1S/C8H11N3O2/c1-10-8(13)11-7-5(9)3-2-4-6(7)12/h2-4,12H,9H2,1H3,(H2,10,11,13). The van der Waals surface area contributed by atoms with Crippen molar-refractivity contribution in [2.45, 2.75) is 0 Å². The zero-order valence-electron chi connectivity index (χ0n) is 7.16. The van der Waals surface area contributed by atoms with E-state index in [0.29, 0.717) is 5.69 Å². The van der Waals surface area contributed by atoms with Crippen LogP contribution < -0.4 is 16.4 Å². The SMILES string of the molecule is CNC(=O)Nc1c(N)cccc1O. The minimum absolute atomic E-state index is 0.0522. The molecule has 0 unspecified atom stereocenters. The number of nitrogens with one attached hydrogen (secondary N) is 2. The van der Waals surface area contributed by atoms with Crippen molar-refractivity contribution in [3.63, 3.8) is 0 Å². The zero-order valence-corrected chi connectivity index (χ0v) is 7.16. The number of nitrogen functional groups attached to an aromatic ring is 1. The topological polar surface area (TPSA) is 87.4 Å². The van der Waals surface area contributed by atoms with Crippen LogP contribution in [0.15, 0.2) is 18.2 Å². The summed E-state index contributed by atoms with van der Waals surface area (Å²) < 4.78 is 0. The first-order valence-corrected chi connectivity index (χ1v) is 3.71. The molecule has 2 amide bonds. The number of phenolic OH excluding ortho intramolecular Hbond substituents is 1. The van der Waals surface area contributed by atoms with Gasteiger partial charge in [0.25, 0.3) is 0 Å². The Balaban J connectivity index is 2.93. The van der Waals surface area contributed by atoms with Gasteiger partial charge in [0.05, 0.1) is 5.69 Å². The second-order valence-corrected chi connectivity index (χ2v) is 2.45. The first-order chi connectivity index (χ1) is 6.15. The number of anilines is 2. The fraction of sp³-hybridized carbons (Fsp3) is 0.125. The number of para-hydroxylation sites is 1. The molecule has 0 aromatic heterocycles. The molecule has 1 rings (SSSR count). The fourth-order valence-electron chi connectivity index (χ4n) is 0.870. The number of phenols is 1. The van der Waals surface area contributed by atoms with Gasteiger partial charge in [-0.1, -0.05) is 6.07 Å². The molecule has 0 bridgehead atoms. The Morgan fingerprint density at radius 2 is 2.23 bits per heavy atom. The lowest BCUT2D eigenvalue weighted by molar-refractivity contribution is 0.254. The molecule has 0 heterocycles. The van der Waals surface area contributed by atoms with E-state index < -0.39 is 6.03 Å². The highest BCUT2D eigenvalue weighted by Gasteiger charge is 2.06. The largest absolute Gasteiger partial charge is 0.506 e. The lowest BCUT2D eigenvalue weighted by Crippen LogP contribution is -2.24. The number of hydrogen-bond acceptors (Lipinski definition) is 3. The third kappa shape index (κ3) is 2.02. The molecule has 0 spiro atoms. The van der Waals surface area contributed by atoms with Crippen LogP contribution >= 0.6 is 0 Å². The summed E-state index contributed by atoms with van der Waals surface area (Å²) in [5, 5.41) is 14.1. The van der Waals surface area contributed by atoms with Gasteiger partial charge in [-0.15, -0.1) is 0 Å². The van der Waals surface area contributed by atoms with Crippen LogP contribution in [0.2, 0.25) is 0 Å². The molecular weight excluding hydrogens is 170 g/mol. The molecule has 0 fully saturated rings. The third-order valence-electron chi connectivity index (χ3n) is 1.54. The van der Waals surface area contributed by atoms with Gasteiger partial charge in [0, 0.05) is 7.05 Å². The maximum absolute atomic E-state index is 10.9. The minimum atomic E-state index is -0.423. The van der Waals surface area contributed by atoms with Crippen LogP contribution in [0.1, 0.15) is 0 Å². The van der Waals surface area contributed by atoms with Crippen LogP contribution in [0.25, 0.3) is 0 Å². The Morgan fingerprint density at radius 1 is 1.54 bits per heavy atom. The number of aromatic hydroxyl groups is 1. The number of carbonyl (C=O) groups excluding carboxylic acids is 1. The number of amides is 2.